The number of sulfonamides is 1. The van der Waals surface area contributed by atoms with Crippen LogP contribution in [0.4, 0.5) is 14.5 Å². The van der Waals surface area contributed by atoms with E-state index < -0.39 is 34.1 Å². The van der Waals surface area contributed by atoms with Gasteiger partial charge in [-0.05, 0) is 36.8 Å². The maximum atomic E-state index is 13.6. The summed E-state index contributed by atoms with van der Waals surface area (Å²) in [7, 11) is -3.96. The summed E-state index contributed by atoms with van der Waals surface area (Å²) in [6, 6.07) is 8.38. The highest BCUT2D eigenvalue weighted by molar-refractivity contribution is 7.89. The van der Waals surface area contributed by atoms with Crippen molar-refractivity contribution in [2.45, 2.75) is 18.2 Å². The molecule has 140 valence electrons. The van der Waals surface area contributed by atoms with Gasteiger partial charge in [0, 0.05) is 17.6 Å². The topological polar surface area (TPSA) is 66.5 Å². The van der Waals surface area contributed by atoms with Gasteiger partial charge in [0.05, 0.1) is 17.1 Å². The Bertz CT molecular complexity index is 907. The van der Waals surface area contributed by atoms with Crippen molar-refractivity contribution in [2.24, 2.45) is 0 Å². The van der Waals surface area contributed by atoms with Gasteiger partial charge in [-0.1, -0.05) is 24.6 Å². The summed E-state index contributed by atoms with van der Waals surface area (Å²) < 4.78 is 53.0. The monoisotopic (exact) mass is 402 g/mol. The molecule has 0 heterocycles. The molecule has 0 fully saturated rings. The van der Waals surface area contributed by atoms with Crippen LogP contribution in [-0.2, 0) is 14.8 Å². The van der Waals surface area contributed by atoms with E-state index in [0.29, 0.717) is 12.5 Å². The molecular formula is C17H17ClF2N2O3S. The van der Waals surface area contributed by atoms with E-state index in [-0.39, 0.29) is 22.2 Å². The van der Waals surface area contributed by atoms with E-state index in [9.17, 15) is 22.0 Å². The molecule has 9 heteroatoms. The Morgan fingerprint density at radius 2 is 1.92 bits per heavy atom. The van der Waals surface area contributed by atoms with Gasteiger partial charge in [-0.15, -0.1) is 0 Å². The molecule has 0 aliphatic heterocycles. The van der Waals surface area contributed by atoms with Gasteiger partial charge >= 0.3 is 0 Å². The van der Waals surface area contributed by atoms with E-state index in [1.54, 1.807) is 6.92 Å². The van der Waals surface area contributed by atoms with Crippen LogP contribution >= 0.6 is 11.6 Å². The number of amides is 1. The number of carbonyl (C=O) groups excluding carboxylic acids is 1. The predicted molar refractivity (Wildman–Crippen MR) is 95.5 cm³/mol. The Balaban J connectivity index is 2.20. The lowest BCUT2D eigenvalue weighted by Gasteiger charge is -2.21. The number of carbonyl (C=O) groups is 1. The van der Waals surface area contributed by atoms with Crippen molar-refractivity contribution >= 4 is 33.2 Å². The van der Waals surface area contributed by atoms with E-state index >= 15 is 0 Å². The predicted octanol–water partition coefficient (Wildman–Crippen LogP) is 3.66. The maximum absolute atomic E-state index is 13.6. The average Bonchev–Trinajstić information content (AvgIpc) is 2.57. The summed E-state index contributed by atoms with van der Waals surface area (Å²) in [4.78, 5) is 12.1. The summed E-state index contributed by atoms with van der Waals surface area (Å²) in [6.45, 7) is 1.34. The molecule has 0 atom stereocenters. The number of hydrogen-bond acceptors (Lipinski definition) is 3. The second kappa shape index (κ2) is 8.57. The van der Waals surface area contributed by atoms with Crippen LogP contribution in [0.5, 0.6) is 0 Å². The molecule has 0 radical (unpaired) electrons. The lowest BCUT2D eigenvalue weighted by Crippen LogP contribution is -2.38. The molecule has 0 bridgehead atoms. The first-order chi connectivity index (χ1) is 12.2. The summed E-state index contributed by atoms with van der Waals surface area (Å²) in [5.41, 5.74) is -0.229. The van der Waals surface area contributed by atoms with E-state index in [1.807, 2.05) is 0 Å². The second-order valence-corrected chi connectivity index (χ2v) is 7.84. The molecule has 1 amide bonds. The molecule has 0 aromatic heterocycles. The number of nitrogens with zero attached hydrogens (tertiary/aromatic N) is 1. The van der Waals surface area contributed by atoms with E-state index in [1.165, 1.54) is 24.3 Å². The molecule has 2 aromatic carbocycles. The molecule has 2 rings (SSSR count). The van der Waals surface area contributed by atoms with Gasteiger partial charge in [0.25, 0.3) is 0 Å². The quantitative estimate of drug-likeness (QED) is 0.768. The van der Waals surface area contributed by atoms with E-state index in [2.05, 4.69) is 5.32 Å². The Labute approximate surface area is 155 Å². The zero-order valence-electron chi connectivity index (χ0n) is 13.9. The second-order valence-electron chi connectivity index (χ2n) is 5.47. The molecule has 0 saturated carbocycles. The van der Waals surface area contributed by atoms with Crippen molar-refractivity contribution in [3.05, 3.63) is 59.1 Å². The first kappa shape index (κ1) is 20.3. The van der Waals surface area contributed by atoms with Crippen LogP contribution in [0.1, 0.15) is 13.3 Å². The minimum atomic E-state index is -3.96. The Hall–Kier alpha value is -2.03. The van der Waals surface area contributed by atoms with Crippen molar-refractivity contribution in [3.63, 3.8) is 0 Å². The fourth-order valence-corrected chi connectivity index (χ4v) is 4.04. The highest BCUT2D eigenvalue weighted by Gasteiger charge is 2.26. The van der Waals surface area contributed by atoms with Crippen LogP contribution in [-0.4, -0.2) is 31.7 Å². The maximum Gasteiger partial charge on any atom is 0.243 e. The number of hydrogen-bond donors (Lipinski definition) is 1. The first-order valence-electron chi connectivity index (χ1n) is 7.74. The highest BCUT2D eigenvalue weighted by Crippen LogP contribution is 2.20. The zero-order valence-corrected chi connectivity index (χ0v) is 15.4. The number of rotatable bonds is 7. The van der Waals surface area contributed by atoms with Crippen LogP contribution in [0.2, 0.25) is 5.02 Å². The Kier molecular flexibility index (Phi) is 6.69. The SMILES string of the molecule is CCCN(CC(=O)Nc1ccc(F)cc1F)S(=O)(=O)c1cccc(Cl)c1. The fourth-order valence-electron chi connectivity index (χ4n) is 2.25. The Morgan fingerprint density at radius 3 is 2.54 bits per heavy atom. The molecule has 5 nitrogen and oxygen atoms in total. The number of halogens is 3. The molecule has 0 aliphatic rings. The van der Waals surface area contributed by atoms with Crippen LogP contribution < -0.4 is 5.32 Å². The van der Waals surface area contributed by atoms with Crippen molar-refractivity contribution in [3.8, 4) is 0 Å². The van der Waals surface area contributed by atoms with Crippen molar-refractivity contribution < 1.29 is 22.0 Å². The normalized spacial score (nSPS) is 11.6. The van der Waals surface area contributed by atoms with Gasteiger partial charge in [-0.3, -0.25) is 4.79 Å². The first-order valence-corrected chi connectivity index (χ1v) is 9.56. The summed E-state index contributed by atoms with van der Waals surface area (Å²) in [6.07, 6.45) is 0.470. The van der Waals surface area contributed by atoms with Gasteiger partial charge in [-0.2, -0.15) is 4.31 Å². The summed E-state index contributed by atoms with van der Waals surface area (Å²) in [5.74, 6) is -2.47. The fraction of sp³-hybridized carbons (Fsp3) is 0.235. The van der Waals surface area contributed by atoms with Gasteiger partial charge in [-0.25, -0.2) is 17.2 Å². The van der Waals surface area contributed by atoms with Crippen molar-refractivity contribution in [2.75, 3.05) is 18.4 Å². The number of nitrogens with one attached hydrogen (secondary N) is 1. The van der Waals surface area contributed by atoms with Crippen LogP contribution in [0.15, 0.2) is 47.4 Å². The molecule has 0 spiro atoms. The van der Waals surface area contributed by atoms with Gasteiger partial charge in [0.2, 0.25) is 15.9 Å². The minimum Gasteiger partial charge on any atom is -0.322 e. The molecule has 0 saturated heterocycles. The molecule has 0 aliphatic carbocycles. The lowest BCUT2D eigenvalue weighted by molar-refractivity contribution is -0.116. The van der Waals surface area contributed by atoms with Gasteiger partial charge < -0.3 is 5.32 Å². The standard InChI is InChI=1S/C17H17ClF2N2O3S/c1-2-8-22(26(24,25)14-5-3-4-12(18)9-14)11-17(23)21-16-7-6-13(19)10-15(16)20/h3-7,9-10H,2,8,11H2,1H3,(H,21,23). The molecule has 26 heavy (non-hydrogen) atoms. The Morgan fingerprint density at radius 1 is 1.19 bits per heavy atom. The van der Waals surface area contributed by atoms with Gasteiger partial charge in [0.1, 0.15) is 11.6 Å². The largest absolute Gasteiger partial charge is 0.322 e. The van der Waals surface area contributed by atoms with Gasteiger partial charge in [0.15, 0.2) is 0 Å². The molecule has 0 unspecified atom stereocenters. The number of benzene rings is 2. The smallest absolute Gasteiger partial charge is 0.243 e. The molecule has 2 aromatic rings. The van der Waals surface area contributed by atoms with Crippen molar-refractivity contribution in [1.82, 2.24) is 4.31 Å². The third-order valence-electron chi connectivity index (χ3n) is 3.43. The molecule has 1 N–H and O–H groups in total. The summed E-state index contributed by atoms with van der Waals surface area (Å²) >= 11 is 5.84. The van der Waals surface area contributed by atoms with Crippen molar-refractivity contribution in [1.29, 1.82) is 0 Å². The molecular weight excluding hydrogens is 386 g/mol. The van der Waals surface area contributed by atoms with E-state index in [0.717, 1.165) is 16.4 Å². The third-order valence-corrected chi connectivity index (χ3v) is 5.51. The highest BCUT2D eigenvalue weighted by atomic mass is 35.5. The number of anilines is 1. The lowest BCUT2D eigenvalue weighted by atomic mass is 10.3. The third kappa shape index (κ3) is 5.00. The zero-order chi connectivity index (χ0) is 19.3. The minimum absolute atomic E-state index is 0.0424. The van der Waals surface area contributed by atoms with Crippen LogP contribution in [0.25, 0.3) is 0 Å². The van der Waals surface area contributed by atoms with Crippen LogP contribution in [0, 0.1) is 11.6 Å². The average molecular weight is 403 g/mol. The summed E-state index contributed by atoms with van der Waals surface area (Å²) in [5, 5.41) is 2.50. The van der Waals surface area contributed by atoms with Crippen LogP contribution in [0.3, 0.4) is 0 Å². The van der Waals surface area contributed by atoms with E-state index in [4.69, 9.17) is 11.6 Å².